The number of nitrogens with zero attached hydrogens (tertiary/aromatic N) is 1. The Kier molecular flexibility index (Phi) is 4.92. The second-order valence-electron chi connectivity index (χ2n) is 6.27. The Morgan fingerprint density at radius 3 is 2.74 bits per heavy atom. The molecule has 0 bridgehead atoms. The Hall–Kier alpha value is -2.70. The lowest BCUT2D eigenvalue weighted by Gasteiger charge is -2.07. The summed E-state index contributed by atoms with van der Waals surface area (Å²) in [6, 6.07) is 15.8. The summed E-state index contributed by atoms with van der Waals surface area (Å²) in [5, 5.41) is 5.48. The van der Waals surface area contributed by atoms with Gasteiger partial charge in [-0.25, -0.2) is 4.98 Å². The van der Waals surface area contributed by atoms with Crippen molar-refractivity contribution < 1.29 is 9.53 Å². The van der Waals surface area contributed by atoms with Gasteiger partial charge in [0.1, 0.15) is 12.4 Å². The number of aryl methyl sites for hydroxylation is 2. The maximum absolute atomic E-state index is 12.5. The highest BCUT2D eigenvalue weighted by Gasteiger charge is 2.13. The Morgan fingerprint density at radius 1 is 1.11 bits per heavy atom. The molecule has 2 heterocycles. The second-order valence-corrected chi connectivity index (χ2v) is 8.21. The third kappa shape index (κ3) is 3.86. The molecule has 1 amide bonds. The monoisotopic (exact) mass is 394 g/mol. The van der Waals surface area contributed by atoms with Crippen LogP contribution in [0.4, 0.5) is 5.13 Å². The minimum atomic E-state index is -0.140. The van der Waals surface area contributed by atoms with E-state index in [1.807, 2.05) is 67.8 Å². The number of carbonyl (C=O) groups is 1. The second kappa shape index (κ2) is 7.50. The number of carbonyl (C=O) groups excluding carboxylic acids is 1. The van der Waals surface area contributed by atoms with E-state index in [1.165, 1.54) is 22.7 Å². The zero-order valence-electron chi connectivity index (χ0n) is 15.0. The molecule has 1 N–H and O–H groups in total. The summed E-state index contributed by atoms with van der Waals surface area (Å²) in [6.07, 6.45) is 0. The zero-order valence-corrected chi connectivity index (χ0v) is 16.6. The molecular weight excluding hydrogens is 376 g/mol. The van der Waals surface area contributed by atoms with Gasteiger partial charge >= 0.3 is 0 Å². The molecular formula is C21H18N2O2S2. The van der Waals surface area contributed by atoms with Crippen LogP contribution < -0.4 is 10.1 Å². The number of aromatic nitrogens is 1. The molecule has 136 valence electrons. The van der Waals surface area contributed by atoms with E-state index < -0.39 is 0 Å². The van der Waals surface area contributed by atoms with Gasteiger partial charge in [-0.3, -0.25) is 10.1 Å². The molecule has 0 atom stereocenters. The predicted octanol–water partition coefficient (Wildman–Crippen LogP) is 5.81. The van der Waals surface area contributed by atoms with Gasteiger partial charge in [0, 0.05) is 5.56 Å². The van der Waals surface area contributed by atoms with Crippen LogP contribution in [0.1, 0.15) is 26.4 Å². The van der Waals surface area contributed by atoms with E-state index in [2.05, 4.69) is 10.3 Å². The lowest BCUT2D eigenvalue weighted by Crippen LogP contribution is -2.09. The maximum Gasteiger partial charge on any atom is 0.267 e. The van der Waals surface area contributed by atoms with E-state index in [9.17, 15) is 4.79 Å². The van der Waals surface area contributed by atoms with E-state index in [-0.39, 0.29) is 5.91 Å². The normalized spacial score (nSPS) is 10.9. The highest BCUT2D eigenvalue weighted by atomic mass is 32.1. The van der Waals surface area contributed by atoms with E-state index in [0.29, 0.717) is 16.6 Å². The molecule has 2 aromatic heterocycles. The highest BCUT2D eigenvalue weighted by Crippen LogP contribution is 2.29. The van der Waals surface area contributed by atoms with Gasteiger partial charge in [0.15, 0.2) is 5.13 Å². The molecule has 27 heavy (non-hydrogen) atoms. The smallest absolute Gasteiger partial charge is 0.267 e. The van der Waals surface area contributed by atoms with E-state index >= 15 is 0 Å². The van der Waals surface area contributed by atoms with Crippen molar-refractivity contribution in [2.75, 3.05) is 5.32 Å². The van der Waals surface area contributed by atoms with Crippen LogP contribution in [0.2, 0.25) is 0 Å². The maximum atomic E-state index is 12.5. The Balaban J connectivity index is 1.43. The number of para-hydroxylation sites is 2. The number of fused-ring (bicyclic) bond motifs is 1. The summed E-state index contributed by atoms with van der Waals surface area (Å²) in [7, 11) is 0. The zero-order chi connectivity index (χ0) is 18.8. The van der Waals surface area contributed by atoms with E-state index in [0.717, 1.165) is 32.7 Å². The molecule has 0 unspecified atom stereocenters. The van der Waals surface area contributed by atoms with Crippen molar-refractivity contribution in [1.29, 1.82) is 0 Å². The molecule has 0 fully saturated rings. The summed E-state index contributed by atoms with van der Waals surface area (Å²) in [5.41, 5.74) is 4.12. The van der Waals surface area contributed by atoms with Crippen molar-refractivity contribution in [3.63, 3.8) is 0 Å². The Labute approximate surface area is 165 Å². The number of anilines is 1. The molecule has 0 aliphatic heterocycles. The molecule has 4 aromatic rings. The van der Waals surface area contributed by atoms with Gasteiger partial charge in [0.2, 0.25) is 0 Å². The van der Waals surface area contributed by atoms with Crippen LogP contribution in [-0.4, -0.2) is 10.9 Å². The summed E-state index contributed by atoms with van der Waals surface area (Å²) in [5.74, 6) is 0.721. The lowest BCUT2D eigenvalue weighted by atomic mass is 10.2. The minimum absolute atomic E-state index is 0.140. The topological polar surface area (TPSA) is 51.2 Å². The van der Waals surface area contributed by atoms with Crippen molar-refractivity contribution in [2.24, 2.45) is 0 Å². The van der Waals surface area contributed by atoms with Crippen molar-refractivity contribution in [3.8, 4) is 5.75 Å². The van der Waals surface area contributed by atoms with E-state index in [1.54, 1.807) is 0 Å². The van der Waals surface area contributed by atoms with Gasteiger partial charge in [-0.2, -0.15) is 0 Å². The molecule has 4 rings (SSSR count). The van der Waals surface area contributed by atoms with Gasteiger partial charge in [-0.1, -0.05) is 41.7 Å². The molecule has 0 saturated carbocycles. The first kappa shape index (κ1) is 17.7. The van der Waals surface area contributed by atoms with Gasteiger partial charge < -0.3 is 4.74 Å². The van der Waals surface area contributed by atoms with Crippen LogP contribution >= 0.6 is 22.7 Å². The van der Waals surface area contributed by atoms with Crippen molar-refractivity contribution in [3.05, 3.63) is 75.5 Å². The molecule has 0 saturated heterocycles. The number of hydrogen-bond acceptors (Lipinski definition) is 5. The highest BCUT2D eigenvalue weighted by molar-refractivity contribution is 7.22. The van der Waals surface area contributed by atoms with E-state index in [4.69, 9.17) is 4.74 Å². The number of ether oxygens (including phenoxy) is 1. The fraction of sp³-hybridized carbons (Fsp3) is 0.143. The molecule has 2 aromatic carbocycles. The van der Waals surface area contributed by atoms with Crippen LogP contribution in [0.25, 0.3) is 10.2 Å². The first-order valence-electron chi connectivity index (χ1n) is 8.53. The average Bonchev–Trinajstić information content (AvgIpc) is 3.28. The number of nitrogens with one attached hydrogen (secondary N) is 1. The number of thiophene rings is 1. The average molecular weight is 395 g/mol. The van der Waals surface area contributed by atoms with Crippen LogP contribution in [0.3, 0.4) is 0 Å². The van der Waals surface area contributed by atoms with Crippen LogP contribution in [0, 0.1) is 13.8 Å². The third-order valence-electron chi connectivity index (χ3n) is 4.21. The van der Waals surface area contributed by atoms with Gasteiger partial charge in [-0.15, -0.1) is 11.3 Å². The van der Waals surface area contributed by atoms with Crippen LogP contribution in [0.5, 0.6) is 5.75 Å². The quantitative estimate of drug-likeness (QED) is 0.465. The third-order valence-corrected chi connectivity index (χ3v) is 6.12. The number of amides is 1. The Morgan fingerprint density at radius 2 is 1.93 bits per heavy atom. The summed E-state index contributed by atoms with van der Waals surface area (Å²) < 4.78 is 6.92. The largest absolute Gasteiger partial charge is 0.489 e. The fourth-order valence-corrected chi connectivity index (χ4v) is 4.48. The number of thiazole rings is 1. The summed E-state index contributed by atoms with van der Waals surface area (Å²) in [6.45, 7) is 4.48. The number of hydrogen-bond donors (Lipinski definition) is 1. The first-order valence-corrected chi connectivity index (χ1v) is 10.2. The molecule has 0 spiro atoms. The molecule has 0 aliphatic carbocycles. The first-order chi connectivity index (χ1) is 13.1. The number of rotatable bonds is 5. The lowest BCUT2D eigenvalue weighted by molar-refractivity contribution is 0.103. The fourth-order valence-electron chi connectivity index (χ4n) is 2.75. The summed E-state index contributed by atoms with van der Waals surface area (Å²) in [4.78, 5) is 17.7. The SMILES string of the molecule is Cc1ccccc1OCc1csc(C(=O)Nc2nc3c(C)cccc3s2)c1. The minimum Gasteiger partial charge on any atom is -0.489 e. The molecule has 6 heteroatoms. The van der Waals surface area contributed by atoms with Crippen molar-refractivity contribution >= 4 is 43.9 Å². The molecule has 4 nitrogen and oxygen atoms in total. The van der Waals surface area contributed by atoms with Crippen LogP contribution in [-0.2, 0) is 6.61 Å². The van der Waals surface area contributed by atoms with Gasteiger partial charge in [0.25, 0.3) is 5.91 Å². The van der Waals surface area contributed by atoms with Gasteiger partial charge in [0.05, 0.1) is 15.1 Å². The van der Waals surface area contributed by atoms with Gasteiger partial charge in [-0.05, 0) is 48.6 Å². The van der Waals surface area contributed by atoms with Crippen molar-refractivity contribution in [2.45, 2.75) is 20.5 Å². The van der Waals surface area contributed by atoms with Crippen molar-refractivity contribution in [1.82, 2.24) is 4.98 Å². The van der Waals surface area contributed by atoms with Crippen LogP contribution in [0.15, 0.2) is 53.9 Å². The summed E-state index contributed by atoms with van der Waals surface area (Å²) >= 11 is 2.90. The standard InChI is InChI=1S/C21H18N2O2S2/c1-13-6-3-4-8-16(13)25-11-15-10-18(26-12-15)20(24)23-21-22-19-14(2)7-5-9-17(19)27-21/h3-10,12H,11H2,1-2H3,(H,22,23,24). The molecule has 0 radical (unpaired) electrons. The number of benzene rings is 2. The Bertz CT molecular complexity index is 1110. The predicted molar refractivity (Wildman–Crippen MR) is 112 cm³/mol. The molecule has 0 aliphatic rings.